The van der Waals surface area contributed by atoms with Crippen LogP contribution >= 0.6 is 0 Å². The van der Waals surface area contributed by atoms with Crippen LogP contribution in [0.3, 0.4) is 0 Å². The first kappa shape index (κ1) is 24.0. The van der Waals surface area contributed by atoms with E-state index in [4.69, 9.17) is 0 Å². The molecular weight excluding hydrogens is 442 g/mol. The van der Waals surface area contributed by atoms with Crippen LogP contribution in [-0.2, 0) is 22.6 Å². The number of carboxylic acid groups (broad SMARTS) is 1. The number of nitrogens with zero attached hydrogens (tertiary/aromatic N) is 1. The van der Waals surface area contributed by atoms with Gasteiger partial charge in [0.05, 0.1) is 6.54 Å². The summed E-state index contributed by atoms with van der Waals surface area (Å²) in [6.45, 7) is 0.0498. The van der Waals surface area contributed by atoms with E-state index in [9.17, 15) is 19.5 Å². The van der Waals surface area contributed by atoms with Crippen molar-refractivity contribution in [3.05, 3.63) is 84.1 Å². The standard InChI is InChI=1S/C28H29N3O4/c32-26(29-16-7-1-2-9-20-12-8-13-21-10-3-5-14-23(20)21)18-30-28(35)25-17-22-11-4-6-15-24(22)31(25)19-27(33)34/h3-6,8,10-15,17H,1-2,7,9,16,18-19H2,(H,29,32)(H,30,35)(H,33,34). The van der Waals surface area contributed by atoms with Crippen molar-refractivity contribution >= 4 is 39.5 Å². The molecule has 35 heavy (non-hydrogen) atoms. The molecule has 0 fully saturated rings. The third kappa shape index (κ3) is 6.06. The largest absolute Gasteiger partial charge is 0.480 e. The van der Waals surface area contributed by atoms with Gasteiger partial charge in [0.25, 0.3) is 5.91 Å². The highest BCUT2D eigenvalue weighted by Gasteiger charge is 2.17. The minimum Gasteiger partial charge on any atom is -0.480 e. The minimum atomic E-state index is -1.04. The molecular formula is C28H29N3O4. The summed E-state index contributed by atoms with van der Waals surface area (Å²) in [5.74, 6) is -1.79. The van der Waals surface area contributed by atoms with Gasteiger partial charge in [0, 0.05) is 17.4 Å². The lowest BCUT2D eigenvalue weighted by molar-refractivity contribution is -0.137. The maximum atomic E-state index is 12.7. The predicted octanol–water partition coefficient (Wildman–Crippen LogP) is 4.14. The van der Waals surface area contributed by atoms with E-state index < -0.39 is 11.9 Å². The van der Waals surface area contributed by atoms with E-state index in [1.54, 1.807) is 18.2 Å². The van der Waals surface area contributed by atoms with Gasteiger partial charge < -0.3 is 20.3 Å². The first-order chi connectivity index (χ1) is 17.0. The number of aliphatic carboxylic acids is 1. The number of benzene rings is 3. The predicted molar refractivity (Wildman–Crippen MR) is 136 cm³/mol. The van der Waals surface area contributed by atoms with E-state index in [1.807, 2.05) is 18.2 Å². The number of aromatic nitrogens is 1. The molecule has 0 unspecified atom stereocenters. The van der Waals surface area contributed by atoms with Gasteiger partial charge in [-0.2, -0.15) is 0 Å². The Bertz CT molecular complexity index is 1350. The van der Waals surface area contributed by atoms with Crippen molar-refractivity contribution in [2.75, 3.05) is 13.1 Å². The number of rotatable bonds is 11. The molecule has 0 aliphatic heterocycles. The number of aryl methyl sites for hydroxylation is 1. The molecule has 0 bridgehead atoms. The molecule has 3 aromatic carbocycles. The Kier molecular flexibility index (Phi) is 7.77. The molecule has 2 amide bonds. The summed E-state index contributed by atoms with van der Waals surface area (Å²) >= 11 is 0. The third-order valence-corrected chi connectivity index (χ3v) is 6.07. The molecule has 0 atom stereocenters. The Balaban J connectivity index is 1.20. The number of carbonyl (C=O) groups excluding carboxylic acids is 2. The van der Waals surface area contributed by atoms with Crippen molar-refractivity contribution in [1.82, 2.24) is 15.2 Å². The first-order valence-electron chi connectivity index (χ1n) is 11.8. The van der Waals surface area contributed by atoms with Gasteiger partial charge in [0.15, 0.2) is 0 Å². The van der Waals surface area contributed by atoms with Crippen LogP contribution in [0.15, 0.2) is 72.8 Å². The second-order valence-electron chi connectivity index (χ2n) is 8.55. The molecule has 4 rings (SSSR count). The number of amides is 2. The van der Waals surface area contributed by atoms with Gasteiger partial charge in [-0.3, -0.25) is 14.4 Å². The van der Waals surface area contributed by atoms with Gasteiger partial charge in [0.1, 0.15) is 12.2 Å². The Hall–Kier alpha value is -4.13. The monoisotopic (exact) mass is 471 g/mol. The number of hydrogen-bond acceptors (Lipinski definition) is 3. The first-order valence-corrected chi connectivity index (χ1v) is 11.8. The molecule has 4 aromatic rings. The molecule has 0 saturated carbocycles. The summed E-state index contributed by atoms with van der Waals surface area (Å²) in [5.41, 5.74) is 2.22. The van der Waals surface area contributed by atoms with Gasteiger partial charge in [-0.15, -0.1) is 0 Å². The van der Waals surface area contributed by atoms with Crippen LogP contribution in [-0.4, -0.2) is 40.5 Å². The van der Waals surface area contributed by atoms with Crippen LogP contribution in [0.1, 0.15) is 35.3 Å². The molecule has 1 heterocycles. The third-order valence-electron chi connectivity index (χ3n) is 6.07. The fourth-order valence-corrected chi connectivity index (χ4v) is 4.37. The number of nitrogens with one attached hydrogen (secondary N) is 2. The van der Waals surface area contributed by atoms with Gasteiger partial charge in [0.2, 0.25) is 5.91 Å². The van der Waals surface area contributed by atoms with E-state index in [2.05, 4.69) is 47.0 Å². The molecule has 0 radical (unpaired) electrons. The van der Waals surface area contributed by atoms with E-state index in [0.29, 0.717) is 12.1 Å². The topological polar surface area (TPSA) is 100 Å². The Labute approximate surface area is 203 Å². The van der Waals surface area contributed by atoms with E-state index in [-0.39, 0.29) is 24.7 Å². The summed E-state index contributed by atoms with van der Waals surface area (Å²) in [6, 6.07) is 23.6. The Morgan fingerprint density at radius 3 is 2.37 bits per heavy atom. The maximum absolute atomic E-state index is 12.7. The molecule has 0 spiro atoms. The smallest absolute Gasteiger partial charge is 0.323 e. The van der Waals surface area contributed by atoms with Gasteiger partial charge in [-0.1, -0.05) is 67.1 Å². The highest BCUT2D eigenvalue weighted by Crippen LogP contribution is 2.21. The molecule has 7 nitrogen and oxygen atoms in total. The second kappa shape index (κ2) is 11.3. The highest BCUT2D eigenvalue weighted by molar-refractivity contribution is 6.00. The molecule has 3 N–H and O–H groups in total. The number of fused-ring (bicyclic) bond motifs is 2. The summed E-state index contributed by atoms with van der Waals surface area (Å²) < 4.78 is 1.45. The maximum Gasteiger partial charge on any atom is 0.323 e. The summed E-state index contributed by atoms with van der Waals surface area (Å²) in [4.78, 5) is 36.1. The second-order valence-corrected chi connectivity index (χ2v) is 8.55. The summed E-state index contributed by atoms with van der Waals surface area (Å²) in [5, 5.41) is 18.0. The fourth-order valence-electron chi connectivity index (χ4n) is 4.37. The van der Waals surface area contributed by atoms with Crippen LogP contribution in [0.2, 0.25) is 0 Å². The number of carboxylic acids is 1. The minimum absolute atomic E-state index is 0.163. The zero-order valence-electron chi connectivity index (χ0n) is 19.5. The van der Waals surface area contributed by atoms with Crippen molar-refractivity contribution in [3.63, 3.8) is 0 Å². The lowest BCUT2D eigenvalue weighted by Gasteiger charge is -2.10. The quantitative estimate of drug-likeness (QED) is 0.286. The van der Waals surface area contributed by atoms with Crippen molar-refractivity contribution in [3.8, 4) is 0 Å². The lowest BCUT2D eigenvalue weighted by atomic mass is 10.00. The van der Waals surface area contributed by atoms with Crippen LogP contribution in [0, 0.1) is 0 Å². The normalized spacial score (nSPS) is 11.0. The number of para-hydroxylation sites is 1. The van der Waals surface area contributed by atoms with Crippen LogP contribution in [0.5, 0.6) is 0 Å². The molecule has 0 saturated heterocycles. The average Bonchev–Trinajstić information content (AvgIpc) is 3.22. The highest BCUT2D eigenvalue weighted by atomic mass is 16.4. The molecule has 7 heteroatoms. The van der Waals surface area contributed by atoms with Crippen LogP contribution in [0.25, 0.3) is 21.7 Å². The molecule has 0 aliphatic rings. The van der Waals surface area contributed by atoms with Gasteiger partial charge in [-0.25, -0.2) is 0 Å². The van der Waals surface area contributed by atoms with Crippen molar-refractivity contribution in [1.29, 1.82) is 0 Å². The number of hydrogen-bond donors (Lipinski definition) is 3. The zero-order chi connectivity index (χ0) is 24.6. The van der Waals surface area contributed by atoms with Crippen molar-refractivity contribution < 1.29 is 19.5 Å². The van der Waals surface area contributed by atoms with Crippen molar-refractivity contribution in [2.45, 2.75) is 32.2 Å². The Morgan fingerprint density at radius 1 is 0.800 bits per heavy atom. The lowest BCUT2D eigenvalue weighted by Crippen LogP contribution is -2.38. The zero-order valence-corrected chi connectivity index (χ0v) is 19.5. The SMILES string of the molecule is O=C(O)Cn1c(C(=O)NCC(=O)NCCCCCc2cccc3ccccc23)cc2ccccc21. The van der Waals surface area contributed by atoms with Gasteiger partial charge >= 0.3 is 5.97 Å². The molecule has 1 aromatic heterocycles. The van der Waals surface area contributed by atoms with E-state index in [0.717, 1.165) is 31.1 Å². The van der Waals surface area contributed by atoms with Gasteiger partial charge in [-0.05, 0) is 47.7 Å². The van der Waals surface area contributed by atoms with E-state index in [1.165, 1.54) is 20.9 Å². The molecule has 0 aliphatic carbocycles. The Morgan fingerprint density at radius 2 is 1.54 bits per heavy atom. The fraction of sp³-hybridized carbons (Fsp3) is 0.250. The average molecular weight is 472 g/mol. The van der Waals surface area contributed by atoms with Crippen LogP contribution in [0.4, 0.5) is 0 Å². The summed E-state index contributed by atoms with van der Waals surface area (Å²) in [6.07, 6.45) is 3.88. The van der Waals surface area contributed by atoms with Crippen LogP contribution < -0.4 is 10.6 Å². The number of unbranched alkanes of at least 4 members (excludes halogenated alkanes) is 2. The van der Waals surface area contributed by atoms with Crippen molar-refractivity contribution in [2.24, 2.45) is 0 Å². The molecule has 180 valence electrons. The number of carbonyl (C=O) groups is 3. The summed E-state index contributed by atoms with van der Waals surface area (Å²) in [7, 11) is 0. The van der Waals surface area contributed by atoms with E-state index >= 15 is 0 Å².